The van der Waals surface area contributed by atoms with Crippen LogP contribution in [-0.2, 0) is 10.0 Å². The summed E-state index contributed by atoms with van der Waals surface area (Å²) in [6, 6.07) is 11.4. The van der Waals surface area contributed by atoms with Gasteiger partial charge >= 0.3 is 0 Å². The van der Waals surface area contributed by atoms with E-state index in [9.17, 15) is 12.8 Å². The molecule has 0 spiro atoms. The Morgan fingerprint density at radius 2 is 1.74 bits per heavy atom. The van der Waals surface area contributed by atoms with Crippen molar-refractivity contribution in [1.82, 2.24) is 0 Å². The van der Waals surface area contributed by atoms with Crippen molar-refractivity contribution in [3.8, 4) is 0 Å². The quantitative estimate of drug-likeness (QED) is 0.688. The summed E-state index contributed by atoms with van der Waals surface area (Å²) in [4.78, 5) is 0.0861. The van der Waals surface area contributed by atoms with Gasteiger partial charge in [-0.25, -0.2) is 4.39 Å². The zero-order valence-electron chi connectivity index (χ0n) is 13.2. The molecule has 0 unspecified atom stereocenters. The fraction of sp³-hybridized carbons (Fsp3) is 0.235. The van der Waals surface area contributed by atoms with E-state index in [0.29, 0.717) is 11.1 Å². The summed E-state index contributed by atoms with van der Waals surface area (Å²) >= 11 is 0. The molecule has 2 aromatic rings. The highest BCUT2D eigenvalue weighted by Crippen LogP contribution is 2.31. The van der Waals surface area contributed by atoms with Crippen LogP contribution in [0, 0.1) is 12.7 Å². The lowest BCUT2D eigenvalue weighted by Crippen LogP contribution is -2.12. The van der Waals surface area contributed by atoms with Crippen LogP contribution in [0.4, 0.5) is 4.39 Å². The molecule has 0 aromatic heterocycles. The van der Waals surface area contributed by atoms with Crippen LogP contribution < -0.4 is 5.73 Å². The van der Waals surface area contributed by atoms with E-state index < -0.39 is 10.0 Å². The molecule has 0 amide bonds. The molecule has 0 aliphatic carbocycles. The maximum Gasteiger partial charge on any atom is 0.284 e. The smallest absolute Gasteiger partial charge is 0.284 e. The highest BCUT2D eigenvalue weighted by Gasteiger charge is 2.21. The van der Waals surface area contributed by atoms with Crippen molar-refractivity contribution in [3.63, 3.8) is 0 Å². The van der Waals surface area contributed by atoms with Crippen molar-refractivity contribution in [3.05, 3.63) is 65.0 Å². The highest BCUT2D eigenvalue weighted by atomic mass is 32.2. The van der Waals surface area contributed by atoms with Gasteiger partial charge < -0.3 is 5.73 Å². The summed E-state index contributed by atoms with van der Waals surface area (Å²) in [5.74, 6) is -0.630. The van der Waals surface area contributed by atoms with Crippen LogP contribution >= 0.6 is 0 Å². The maximum absolute atomic E-state index is 14.0. The van der Waals surface area contributed by atoms with Crippen LogP contribution in [-0.4, -0.2) is 14.3 Å². The normalized spacial score (nSPS) is 13.8. The van der Waals surface area contributed by atoms with E-state index in [4.69, 9.17) is 5.73 Å². The molecule has 0 heterocycles. The SMILES string of the molecule is C/C(N)=N\S(=O)(=O)c1cccc([C@@H](C)c2ccccc2F)c1C. The second-order valence-electron chi connectivity index (χ2n) is 5.42. The predicted molar refractivity (Wildman–Crippen MR) is 89.6 cm³/mol. The largest absolute Gasteiger partial charge is 0.387 e. The molecule has 0 aliphatic heterocycles. The molecule has 6 heteroatoms. The Bertz CT molecular complexity index is 857. The van der Waals surface area contributed by atoms with Gasteiger partial charge in [0.2, 0.25) is 0 Å². The summed E-state index contributed by atoms with van der Waals surface area (Å²) in [5, 5.41) is 0. The van der Waals surface area contributed by atoms with Crippen LogP contribution in [0.2, 0.25) is 0 Å². The molecule has 4 nitrogen and oxygen atoms in total. The minimum Gasteiger partial charge on any atom is -0.387 e. The number of rotatable bonds is 4. The number of benzene rings is 2. The van der Waals surface area contributed by atoms with Crippen molar-refractivity contribution in [2.24, 2.45) is 10.1 Å². The van der Waals surface area contributed by atoms with Crippen molar-refractivity contribution < 1.29 is 12.8 Å². The molecule has 1 atom stereocenters. The first-order valence-corrected chi connectivity index (χ1v) is 8.59. The van der Waals surface area contributed by atoms with Gasteiger partial charge in [0.05, 0.1) is 4.90 Å². The second-order valence-corrected chi connectivity index (χ2v) is 6.99. The van der Waals surface area contributed by atoms with Crippen molar-refractivity contribution in [2.45, 2.75) is 31.6 Å². The van der Waals surface area contributed by atoms with E-state index in [1.807, 2.05) is 6.92 Å². The zero-order chi connectivity index (χ0) is 17.2. The third kappa shape index (κ3) is 3.59. The fourth-order valence-electron chi connectivity index (χ4n) is 2.61. The molecule has 23 heavy (non-hydrogen) atoms. The molecule has 0 saturated carbocycles. The monoisotopic (exact) mass is 334 g/mol. The Kier molecular flexibility index (Phi) is 4.85. The Labute approximate surface area is 135 Å². The molecule has 2 rings (SSSR count). The molecule has 2 aromatic carbocycles. The zero-order valence-corrected chi connectivity index (χ0v) is 14.1. The molecule has 0 fully saturated rings. The van der Waals surface area contributed by atoms with E-state index in [0.717, 1.165) is 5.56 Å². The first kappa shape index (κ1) is 17.1. The van der Waals surface area contributed by atoms with Crippen LogP contribution in [0.25, 0.3) is 0 Å². The Balaban J connectivity index is 2.58. The van der Waals surface area contributed by atoms with E-state index >= 15 is 0 Å². The van der Waals surface area contributed by atoms with Gasteiger partial charge in [-0.3, -0.25) is 0 Å². The Hall–Kier alpha value is -2.21. The number of nitrogens with zero attached hydrogens (tertiary/aromatic N) is 1. The lowest BCUT2D eigenvalue weighted by Gasteiger charge is -2.17. The number of halogens is 1. The lowest BCUT2D eigenvalue weighted by atomic mass is 9.90. The molecule has 0 bridgehead atoms. The summed E-state index contributed by atoms with van der Waals surface area (Å²) in [5.41, 5.74) is 7.20. The number of amidine groups is 1. The minimum absolute atomic E-state index is 0.0306. The number of hydrogen-bond acceptors (Lipinski definition) is 2. The average Bonchev–Trinajstić information content (AvgIpc) is 2.45. The van der Waals surface area contributed by atoms with Crippen molar-refractivity contribution >= 4 is 15.9 Å². The molecule has 0 aliphatic rings. The summed E-state index contributed by atoms with van der Waals surface area (Å²) in [6.45, 7) is 4.95. The third-order valence-electron chi connectivity index (χ3n) is 3.71. The molecule has 122 valence electrons. The standard InChI is InChI=1S/C17H19FN2O2S/c1-11(15-7-4-5-9-16(15)18)14-8-6-10-17(12(14)2)23(21,22)20-13(3)19/h4-11H,1-3H3,(H2,19,20)/t11-/m1/s1. The van der Waals surface area contributed by atoms with E-state index in [1.165, 1.54) is 19.1 Å². The van der Waals surface area contributed by atoms with Crippen molar-refractivity contribution in [1.29, 1.82) is 0 Å². The van der Waals surface area contributed by atoms with Gasteiger partial charge in [0.15, 0.2) is 0 Å². The van der Waals surface area contributed by atoms with Crippen LogP contribution in [0.1, 0.15) is 36.5 Å². The van der Waals surface area contributed by atoms with E-state index in [-0.39, 0.29) is 22.5 Å². The van der Waals surface area contributed by atoms with Crippen LogP contribution in [0.3, 0.4) is 0 Å². The second kappa shape index (κ2) is 6.50. The van der Waals surface area contributed by atoms with E-state index in [2.05, 4.69) is 4.40 Å². The first-order valence-electron chi connectivity index (χ1n) is 7.15. The number of nitrogens with two attached hydrogens (primary N) is 1. The predicted octanol–water partition coefficient (Wildman–Crippen LogP) is 3.35. The topological polar surface area (TPSA) is 72.5 Å². The highest BCUT2D eigenvalue weighted by molar-refractivity contribution is 7.90. The number of sulfonamides is 1. The van der Waals surface area contributed by atoms with Gasteiger partial charge in [-0.1, -0.05) is 37.3 Å². The number of hydrogen-bond donors (Lipinski definition) is 1. The van der Waals surface area contributed by atoms with Gasteiger partial charge in [-0.15, -0.1) is 4.40 Å². The van der Waals surface area contributed by atoms with Gasteiger partial charge in [0, 0.05) is 5.92 Å². The van der Waals surface area contributed by atoms with Crippen LogP contribution in [0.15, 0.2) is 51.8 Å². The van der Waals surface area contributed by atoms with Gasteiger partial charge in [0.25, 0.3) is 10.0 Å². The first-order chi connectivity index (χ1) is 10.7. The Morgan fingerprint density at radius 3 is 2.35 bits per heavy atom. The summed E-state index contributed by atoms with van der Waals surface area (Å²) < 4.78 is 42.1. The summed E-state index contributed by atoms with van der Waals surface area (Å²) in [6.07, 6.45) is 0. The molecular weight excluding hydrogens is 315 g/mol. The molecule has 0 saturated heterocycles. The van der Waals surface area contributed by atoms with Gasteiger partial charge in [0.1, 0.15) is 11.7 Å². The van der Waals surface area contributed by atoms with Gasteiger partial charge in [-0.2, -0.15) is 8.42 Å². The van der Waals surface area contributed by atoms with Gasteiger partial charge in [-0.05, 0) is 42.7 Å². The average molecular weight is 334 g/mol. The fourth-order valence-corrected chi connectivity index (χ4v) is 3.85. The lowest BCUT2D eigenvalue weighted by molar-refractivity contribution is 0.596. The van der Waals surface area contributed by atoms with E-state index in [1.54, 1.807) is 37.3 Å². The minimum atomic E-state index is -3.87. The summed E-state index contributed by atoms with van der Waals surface area (Å²) in [7, 11) is -3.87. The maximum atomic E-state index is 14.0. The molecule has 2 N–H and O–H groups in total. The Morgan fingerprint density at radius 1 is 1.13 bits per heavy atom. The van der Waals surface area contributed by atoms with Crippen LogP contribution in [0.5, 0.6) is 0 Å². The molecule has 0 radical (unpaired) electrons. The van der Waals surface area contributed by atoms with Crippen molar-refractivity contribution in [2.75, 3.05) is 0 Å². The molecular formula is C17H19FN2O2S. The third-order valence-corrected chi connectivity index (χ3v) is 5.23.